The smallest absolute Gasteiger partial charge is 0.164 e. The Morgan fingerprint density at radius 1 is 0.333 bits per heavy atom. The minimum Gasteiger partial charge on any atom is -0.455 e. The molecule has 5 heteroatoms. The van der Waals surface area contributed by atoms with Gasteiger partial charge in [-0.3, -0.25) is 0 Å². The molecule has 4 nitrogen and oxygen atoms in total. The van der Waals surface area contributed by atoms with Crippen molar-refractivity contribution in [1.82, 2.24) is 15.0 Å². The molecule has 3 aromatic heterocycles. The van der Waals surface area contributed by atoms with E-state index in [-0.39, 0.29) is 0 Å². The van der Waals surface area contributed by atoms with E-state index in [0.717, 1.165) is 66.3 Å². The first-order valence-corrected chi connectivity index (χ1v) is 20.9. The predicted molar refractivity (Wildman–Crippen MR) is 250 cm³/mol. The summed E-state index contributed by atoms with van der Waals surface area (Å²) in [5, 5.41) is 7.11. The Kier molecular flexibility index (Phi) is 8.00. The molecule has 9 aromatic carbocycles. The Morgan fingerprint density at radius 3 is 1.58 bits per heavy atom. The normalized spacial score (nSPS) is 11.7. The van der Waals surface area contributed by atoms with Crippen LogP contribution in [0.1, 0.15) is 0 Å². The summed E-state index contributed by atoms with van der Waals surface area (Å²) in [5.74, 6) is 1.91. The molecule has 0 spiro atoms. The number of hydrogen-bond acceptors (Lipinski definition) is 5. The van der Waals surface area contributed by atoms with Gasteiger partial charge in [-0.15, -0.1) is 11.3 Å². The van der Waals surface area contributed by atoms with Crippen LogP contribution in [0, 0.1) is 0 Å². The number of rotatable bonds is 6. The fraction of sp³-hybridized carbons (Fsp3) is 0. The summed E-state index contributed by atoms with van der Waals surface area (Å²) in [4.78, 5) is 14.9. The summed E-state index contributed by atoms with van der Waals surface area (Å²) < 4.78 is 9.40. The van der Waals surface area contributed by atoms with E-state index >= 15 is 0 Å². The first-order chi connectivity index (χ1) is 29.7. The Balaban J connectivity index is 1.00. The summed E-state index contributed by atoms with van der Waals surface area (Å²) in [6.07, 6.45) is 0. The zero-order valence-electron chi connectivity index (χ0n) is 32.2. The van der Waals surface area contributed by atoms with E-state index in [1.54, 1.807) is 0 Å². The van der Waals surface area contributed by atoms with Gasteiger partial charge in [0, 0.05) is 58.6 Å². The van der Waals surface area contributed by atoms with Crippen molar-refractivity contribution in [3.8, 4) is 67.5 Å². The Morgan fingerprint density at radius 2 is 0.850 bits per heavy atom. The van der Waals surface area contributed by atoms with Gasteiger partial charge in [0.15, 0.2) is 17.5 Å². The van der Waals surface area contributed by atoms with E-state index in [1.807, 2.05) is 72.0 Å². The molecule has 0 saturated carbocycles. The van der Waals surface area contributed by atoms with E-state index in [2.05, 4.69) is 140 Å². The van der Waals surface area contributed by atoms with Crippen molar-refractivity contribution in [1.29, 1.82) is 0 Å². The molecule has 0 aliphatic heterocycles. The van der Waals surface area contributed by atoms with Crippen LogP contribution in [-0.4, -0.2) is 15.0 Å². The molecule has 0 N–H and O–H groups in total. The van der Waals surface area contributed by atoms with Gasteiger partial charge in [-0.2, -0.15) is 0 Å². The van der Waals surface area contributed by atoms with Crippen LogP contribution in [0.2, 0.25) is 0 Å². The predicted octanol–water partition coefficient (Wildman–Crippen LogP) is 15.3. The van der Waals surface area contributed by atoms with E-state index in [0.29, 0.717) is 17.5 Å². The van der Waals surface area contributed by atoms with Crippen molar-refractivity contribution < 1.29 is 4.42 Å². The summed E-state index contributed by atoms with van der Waals surface area (Å²) in [7, 11) is 0. The van der Waals surface area contributed by atoms with Gasteiger partial charge in [-0.05, 0) is 63.5 Å². The van der Waals surface area contributed by atoms with E-state index in [1.165, 1.54) is 36.7 Å². The van der Waals surface area contributed by atoms with Crippen LogP contribution in [0.5, 0.6) is 0 Å². The minimum absolute atomic E-state index is 0.629. The zero-order chi connectivity index (χ0) is 39.6. The van der Waals surface area contributed by atoms with Gasteiger partial charge in [-0.1, -0.05) is 170 Å². The lowest BCUT2D eigenvalue weighted by Crippen LogP contribution is -2.00. The summed E-state index contributed by atoms with van der Waals surface area (Å²) in [5.41, 5.74) is 11.5. The number of fused-ring (bicyclic) bond motifs is 8. The van der Waals surface area contributed by atoms with Gasteiger partial charge < -0.3 is 4.42 Å². The summed E-state index contributed by atoms with van der Waals surface area (Å²) in [6, 6.07) is 70.3. The molecule has 12 aromatic rings. The van der Waals surface area contributed by atoms with Gasteiger partial charge >= 0.3 is 0 Å². The first-order valence-electron chi connectivity index (χ1n) is 20.1. The molecule has 0 aliphatic rings. The zero-order valence-corrected chi connectivity index (χ0v) is 33.0. The van der Waals surface area contributed by atoms with Gasteiger partial charge in [0.05, 0.1) is 0 Å². The SMILES string of the molecule is c1ccc(-c2nc(-c3ccccc3)nc(-c3cccc(-c4cccc(-c5cccc6oc7c8ccccc8c(-c8cccc9c8sc8ccccc89)cc7c56)c4)c3)n2)cc1. The van der Waals surface area contributed by atoms with Gasteiger partial charge in [0.1, 0.15) is 11.2 Å². The van der Waals surface area contributed by atoms with Gasteiger partial charge in [-0.25, -0.2) is 15.0 Å². The lowest BCUT2D eigenvalue weighted by atomic mass is 9.92. The Bertz CT molecular complexity index is 3550. The molecule has 12 rings (SSSR count). The summed E-state index contributed by atoms with van der Waals surface area (Å²) in [6.45, 7) is 0. The topological polar surface area (TPSA) is 51.8 Å². The van der Waals surface area contributed by atoms with E-state index in [4.69, 9.17) is 19.4 Å². The highest BCUT2D eigenvalue weighted by Crippen LogP contribution is 2.46. The number of benzene rings is 9. The second kappa shape index (κ2) is 14.0. The lowest BCUT2D eigenvalue weighted by molar-refractivity contribution is 0.673. The maximum Gasteiger partial charge on any atom is 0.164 e. The molecule has 0 amide bonds. The third-order valence-corrected chi connectivity index (χ3v) is 12.7. The molecule has 60 heavy (non-hydrogen) atoms. The monoisotopic (exact) mass is 783 g/mol. The van der Waals surface area contributed by atoms with Crippen molar-refractivity contribution in [2.24, 2.45) is 0 Å². The second-order valence-corrected chi connectivity index (χ2v) is 16.2. The van der Waals surface area contributed by atoms with Crippen LogP contribution in [-0.2, 0) is 0 Å². The molecule has 0 radical (unpaired) electrons. The minimum atomic E-state index is 0.629. The molecule has 3 heterocycles. The van der Waals surface area contributed by atoms with Crippen molar-refractivity contribution in [3.63, 3.8) is 0 Å². The number of aromatic nitrogens is 3. The molecule has 0 bridgehead atoms. The highest BCUT2D eigenvalue weighted by atomic mass is 32.1. The second-order valence-electron chi connectivity index (χ2n) is 15.1. The van der Waals surface area contributed by atoms with E-state index in [9.17, 15) is 0 Å². The van der Waals surface area contributed by atoms with Crippen LogP contribution in [0.3, 0.4) is 0 Å². The fourth-order valence-corrected chi connectivity index (χ4v) is 9.94. The van der Waals surface area contributed by atoms with E-state index < -0.39 is 0 Å². The first kappa shape index (κ1) is 34.3. The highest BCUT2D eigenvalue weighted by Gasteiger charge is 2.20. The largest absolute Gasteiger partial charge is 0.455 e. The average molecular weight is 784 g/mol. The van der Waals surface area contributed by atoms with Crippen LogP contribution in [0.4, 0.5) is 0 Å². The van der Waals surface area contributed by atoms with Gasteiger partial charge in [0.25, 0.3) is 0 Å². The Labute approximate surface area is 349 Å². The standard InChI is InChI=1S/C55H33N3OS/c1-3-15-34(16-4-1)53-56-54(35-17-5-2-6-18-35)58-55(57-53)39-22-12-20-37(32-39)36-19-11-21-38(31-36)40-26-14-29-48-50(40)47-33-46(41-23-7-8-25-43(41)51(47)59-48)45-28-13-27-44-42-24-9-10-30-49(42)60-52(44)45/h1-33H. The average Bonchev–Trinajstić information content (AvgIpc) is 3.91. The molecular formula is C55H33N3OS. The van der Waals surface area contributed by atoms with Gasteiger partial charge in [0.2, 0.25) is 0 Å². The molecule has 0 saturated heterocycles. The maximum atomic E-state index is 6.80. The van der Waals surface area contributed by atoms with Crippen LogP contribution >= 0.6 is 11.3 Å². The third kappa shape index (κ3) is 5.70. The molecule has 0 aliphatic carbocycles. The lowest BCUT2D eigenvalue weighted by Gasteiger charge is -2.11. The Hall–Kier alpha value is -7.73. The number of furan rings is 1. The maximum absolute atomic E-state index is 6.80. The van der Waals surface area contributed by atoms with Crippen molar-refractivity contribution in [3.05, 3.63) is 200 Å². The number of nitrogens with zero attached hydrogens (tertiary/aromatic N) is 3. The summed E-state index contributed by atoms with van der Waals surface area (Å²) >= 11 is 1.87. The molecule has 0 unspecified atom stereocenters. The molecule has 0 fully saturated rings. The van der Waals surface area contributed by atoms with Crippen LogP contribution < -0.4 is 0 Å². The molecule has 280 valence electrons. The van der Waals surface area contributed by atoms with Crippen molar-refractivity contribution >= 4 is 64.2 Å². The highest BCUT2D eigenvalue weighted by molar-refractivity contribution is 7.26. The number of thiophene rings is 1. The fourth-order valence-electron chi connectivity index (χ4n) is 8.71. The van der Waals surface area contributed by atoms with Crippen LogP contribution in [0.25, 0.3) is 120 Å². The quantitative estimate of drug-likeness (QED) is 0.169. The third-order valence-electron chi connectivity index (χ3n) is 11.5. The van der Waals surface area contributed by atoms with Crippen molar-refractivity contribution in [2.45, 2.75) is 0 Å². The number of hydrogen-bond donors (Lipinski definition) is 0. The molecule has 0 atom stereocenters. The van der Waals surface area contributed by atoms with Crippen LogP contribution in [0.15, 0.2) is 205 Å². The molecular weight excluding hydrogens is 751 g/mol. The van der Waals surface area contributed by atoms with Crippen molar-refractivity contribution in [2.75, 3.05) is 0 Å².